The van der Waals surface area contributed by atoms with E-state index in [1.807, 2.05) is 25.8 Å². The number of esters is 1. The van der Waals surface area contributed by atoms with Gasteiger partial charge in [-0.3, -0.25) is 14.6 Å². The molecule has 0 saturated carbocycles. The van der Waals surface area contributed by atoms with E-state index in [9.17, 15) is 14.4 Å². The van der Waals surface area contributed by atoms with Crippen LogP contribution in [-0.2, 0) is 19.1 Å². The second-order valence-electron chi connectivity index (χ2n) is 9.71. The number of thioether (sulfide) groups is 1. The average molecular weight is 484 g/mol. The fourth-order valence-corrected chi connectivity index (χ4v) is 5.62. The lowest BCUT2D eigenvalue weighted by Crippen LogP contribution is -2.50. The van der Waals surface area contributed by atoms with Crippen molar-refractivity contribution >= 4 is 35.3 Å². The van der Waals surface area contributed by atoms with Crippen LogP contribution >= 0.6 is 11.8 Å². The predicted octanol–water partition coefficient (Wildman–Crippen LogP) is 2.05. The van der Waals surface area contributed by atoms with Crippen molar-refractivity contribution in [3.63, 3.8) is 0 Å². The van der Waals surface area contributed by atoms with Crippen molar-refractivity contribution in [2.75, 3.05) is 39.8 Å². The lowest BCUT2D eigenvalue weighted by Gasteiger charge is -2.38. The van der Waals surface area contributed by atoms with Crippen LogP contribution in [0.15, 0.2) is 5.10 Å². The smallest absolute Gasteiger partial charge is 0.410 e. The number of hydrogen-bond donors (Lipinski definition) is 1. The SMILES string of the molecule is COC(=O)CCN1CCC(C2=NN(C3CCN(C(=O)OC(C)(C)C)CC3)C(NC=O)S2)CC1. The predicted molar refractivity (Wildman–Crippen MR) is 126 cm³/mol. The molecule has 3 rings (SSSR count). The highest BCUT2D eigenvalue weighted by atomic mass is 32.2. The summed E-state index contributed by atoms with van der Waals surface area (Å²) in [5.74, 6) is 0.177. The summed E-state index contributed by atoms with van der Waals surface area (Å²) in [5.41, 5.74) is -0.722. The minimum atomic E-state index is -0.507. The quantitative estimate of drug-likeness (QED) is 0.434. The van der Waals surface area contributed by atoms with Gasteiger partial charge < -0.3 is 24.6 Å². The first kappa shape index (κ1) is 25.6. The van der Waals surface area contributed by atoms with Crippen LogP contribution in [0.1, 0.15) is 52.9 Å². The van der Waals surface area contributed by atoms with Crippen LogP contribution in [0.5, 0.6) is 0 Å². The molecule has 0 bridgehead atoms. The number of hydrogen-bond acceptors (Lipinski definition) is 9. The summed E-state index contributed by atoms with van der Waals surface area (Å²) in [6.07, 6.45) is 4.38. The van der Waals surface area contributed by atoms with Crippen LogP contribution in [-0.4, -0.2) is 95.3 Å². The molecule has 0 aromatic rings. The maximum Gasteiger partial charge on any atom is 0.410 e. The molecule has 3 heterocycles. The Morgan fingerprint density at radius 2 is 1.82 bits per heavy atom. The Labute approximate surface area is 200 Å². The van der Waals surface area contributed by atoms with Gasteiger partial charge in [0.1, 0.15) is 10.6 Å². The van der Waals surface area contributed by atoms with Gasteiger partial charge in [-0.15, -0.1) is 0 Å². The number of ether oxygens (including phenoxy) is 2. The zero-order valence-corrected chi connectivity index (χ0v) is 20.9. The number of likely N-dealkylation sites (tertiary alicyclic amines) is 2. The number of rotatable bonds is 7. The maximum absolute atomic E-state index is 12.4. The Morgan fingerprint density at radius 1 is 1.15 bits per heavy atom. The monoisotopic (exact) mass is 483 g/mol. The number of carbonyl (C=O) groups is 3. The molecule has 33 heavy (non-hydrogen) atoms. The summed E-state index contributed by atoms with van der Waals surface area (Å²) < 4.78 is 10.2. The van der Waals surface area contributed by atoms with E-state index in [0.29, 0.717) is 25.4 Å². The molecule has 10 nitrogen and oxygen atoms in total. The molecule has 0 aliphatic carbocycles. The normalized spacial score (nSPS) is 23.3. The van der Waals surface area contributed by atoms with Gasteiger partial charge in [-0.2, -0.15) is 5.10 Å². The van der Waals surface area contributed by atoms with E-state index < -0.39 is 5.60 Å². The van der Waals surface area contributed by atoms with E-state index in [2.05, 4.69) is 10.2 Å². The molecule has 0 spiro atoms. The van der Waals surface area contributed by atoms with Crippen molar-refractivity contribution in [2.45, 2.75) is 70.0 Å². The van der Waals surface area contributed by atoms with Gasteiger partial charge in [0.15, 0.2) is 5.50 Å². The molecule has 3 aliphatic heterocycles. The van der Waals surface area contributed by atoms with Crippen LogP contribution in [0.25, 0.3) is 0 Å². The molecule has 0 aromatic heterocycles. The average Bonchev–Trinajstić information content (AvgIpc) is 3.21. The van der Waals surface area contributed by atoms with Gasteiger partial charge in [-0.1, -0.05) is 11.8 Å². The zero-order valence-electron chi connectivity index (χ0n) is 20.1. The van der Waals surface area contributed by atoms with Gasteiger partial charge in [0.25, 0.3) is 0 Å². The molecule has 11 heteroatoms. The molecule has 1 atom stereocenters. The third-order valence-electron chi connectivity index (χ3n) is 6.18. The first-order valence-corrected chi connectivity index (χ1v) is 12.6. The third kappa shape index (κ3) is 7.23. The largest absolute Gasteiger partial charge is 0.469 e. The van der Waals surface area contributed by atoms with Crippen molar-refractivity contribution < 1.29 is 23.9 Å². The fraction of sp³-hybridized carbons (Fsp3) is 0.818. The van der Waals surface area contributed by atoms with Gasteiger partial charge in [0.05, 0.1) is 19.6 Å². The number of carbonyl (C=O) groups excluding carboxylic acids is 3. The minimum absolute atomic E-state index is 0.159. The molecule has 2 saturated heterocycles. The summed E-state index contributed by atoms with van der Waals surface area (Å²) >= 11 is 1.62. The molecule has 0 radical (unpaired) electrons. The number of hydrazone groups is 1. The molecular weight excluding hydrogens is 446 g/mol. The summed E-state index contributed by atoms with van der Waals surface area (Å²) in [6, 6.07) is 0.159. The van der Waals surface area contributed by atoms with E-state index in [4.69, 9.17) is 14.6 Å². The van der Waals surface area contributed by atoms with Crippen molar-refractivity contribution in [2.24, 2.45) is 11.0 Å². The summed E-state index contributed by atoms with van der Waals surface area (Å²) in [6.45, 7) is 9.38. The number of nitrogens with zero attached hydrogens (tertiary/aromatic N) is 4. The molecule has 1 N–H and O–H groups in total. The van der Waals surface area contributed by atoms with Crippen LogP contribution in [0.3, 0.4) is 0 Å². The van der Waals surface area contributed by atoms with E-state index in [-0.39, 0.29) is 23.6 Å². The second kappa shape index (κ2) is 11.4. The maximum atomic E-state index is 12.4. The van der Waals surface area contributed by atoms with Crippen molar-refractivity contribution in [3.05, 3.63) is 0 Å². The number of piperidine rings is 2. The minimum Gasteiger partial charge on any atom is -0.469 e. The molecule has 0 aromatic carbocycles. The summed E-state index contributed by atoms with van der Waals surface area (Å²) in [4.78, 5) is 39.0. The fourth-order valence-electron chi connectivity index (χ4n) is 4.37. The van der Waals surface area contributed by atoms with Gasteiger partial charge in [0, 0.05) is 25.6 Å². The molecule has 2 fully saturated rings. The third-order valence-corrected chi connectivity index (χ3v) is 7.42. The highest BCUT2D eigenvalue weighted by molar-refractivity contribution is 8.14. The lowest BCUT2D eigenvalue weighted by atomic mass is 9.98. The molecular formula is C22H37N5O5S. The molecule has 3 aliphatic rings. The molecule has 1 unspecified atom stereocenters. The lowest BCUT2D eigenvalue weighted by molar-refractivity contribution is -0.141. The number of amides is 2. The first-order valence-electron chi connectivity index (χ1n) is 11.7. The van der Waals surface area contributed by atoms with E-state index in [1.165, 1.54) is 7.11 Å². The Bertz CT molecular complexity index is 727. The Morgan fingerprint density at radius 3 is 2.39 bits per heavy atom. The molecule has 2 amide bonds. The Balaban J connectivity index is 1.53. The first-order chi connectivity index (χ1) is 15.7. The second-order valence-corrected chi connectivity index (χ2v) is 10.8. The van der Waals surface area contributed by atoms with Gasteiger partial charge in [0.2, 0.25) is 6.41 Å². The molecule has 186 valence electrons. The van der Waals surface area contributed by atoms with Crippen LogP contribution in [0, 0.1) is 5.92 Å². The topological polar surface area (TPSA) is 104 Å². The standard InChI is InChI=1S/C22H37N5O5S/c1-22(2,3)32-21(30)26-13-7-17(8-14-26)27-20(23-15-28)33-19(24-27)16-5-10-25(11-6-16)12-9-18(29)31-4/h15-17,20H,5-14H2,1-4H3,(H,23,28). The van der Waals surface area contributed by atoms with Crippen molar-refractivity contribution in [1.82, 2.24) is 20.1 Å². The van der Waals surface area contributed by atoms with Gasteiger partial charge in [-0.25, -0.2) is 4.79 Å². The van der Waals surface area contributed by atoms with Crippen LogP contribution in [0.4, 0.5) is 4.79 Å². The summed E-state index contributed by atoms with van der Waals surface area (Å²) in [5, 5.41) is 10.9. The number of methoxy groups -OCH3 is 1. The highest BCUT2D eigenvalue weighted by Crippen LogP contribution is 2.36. The number of nitrogens with one attached hydrogen (secondary N) is 1. The van der Waals surface area contributed by atoms with E-state index in [1.54, 1.807) is 16.7 Å². The van der Waals surface area contributed by atoms with Gasteiger partial charge >= 0.3 is 12.1 Å². The van der Waals surface area contributed by atoms with Crippen LogP contribution in [0.2, 0.25) is 0 Å². The van der Waals surface area contributed by atoms with Crippen molar-refractivity contribution in [3.8, 4) is 0 Å². The van der Waals surface area contributed by atoms with Crippen molar-refractivity contribution in [1.29, 1.82) is 0 Å². The Kier molecular flexibility index (Phi) is 8.86. The highest BCUT2D eigenvalue weighted by Gasteiger charge is 2.38. The van der Waals surface area contributed by atoms with Gasteiger partial charge in [-0.05, 0) is 59.5 Å². The van der Waals surface area contributed by atoms with Crippen LogP contribution < -0.4 is 5.32 Å². The van der Waals surface area contributed by atoms with E-state index in [0.717, 1.165) is 56.8 Å². The summed E-state index contributed by atoms with van der Waals surface area (Å²) in [7, 11) is 1.42. The van der Waals surface area contributed by atoms with E-state index >= 15 is 0 Å². The Hall–Kier alpha value is -2.01. The zero-order chi connectivity index (χ0) is 24.0.